The molecule has 3 nitrogen and oxygen atoms in total. The first-order valence-corrected chi connectivity index (χ1v) is 4.82. The third-order valence-electron chi connectivity index (χ3n) is 2.22. The topological polar surface area (TPSA) is 33.6 Å². The SMILES string of the molecule is C=CC(C)n1c(=S)[nH]c2cccnc21. The maximum absolute atomic E-state index is 5.22. The molecule has 0 radical (unpaired) electrons. The predicted octanol–water partition coefficient (Wildman–Crippen LogP) is 2.84. The first kappa shape index (κ1) is 9.15. The zero-order chi connectivity index (χ0) is 10.1. The van der Waals surface area contributed by atoms with Crippen LogP contribution >= 0.6 is 12.2 Å². The predicted molar refractivity (Wildman–Crippen MR) is 59.8 cm³/mol. The summed E-state index contributed by atoms with van der Waals surface area (Å²) in [7, 11) is 0. The summed E-state index contributed by atoms with van der Waals surface area (Å²) in [5.41, 5.74) is 1.84. The molecular formula is C10H11N3S. The van der Waals surface area contributed by atoms with Crippen molar-refractivity contribution >= 4 is 23.4 Å². The fourth-order valence-electron chi connectivity index (χ4n) is 1.44. The first-order chi connectivity index (χ1) is 6.74. The second-order valence-corrected chi connectivity index (χ2v) is 3.54. The molecule has 0 aliphatic carbocycles. The molecule has 0 saturated carbocycles. The molecule has 1 unspecified atom stereocenters. The second-order valence-electron chi connectivity index (χ2n) is 3.15. The molecule has 1 N–H and O–H groups in total. The minimum atomic E-state index is 0.158. The van der Waals surface area contributed by atoms with E-state index in [1.807, 2.05) is 29.7 Å². The Balaban J connectivity index is 2.80. The van der Waals surface area contributed by atoms with Crippen LogP contribution in [0.15, 0.2) is 31.0 Å². The molecular weight excluding hydrogens is 194 g/mol. The number of hydrogen-bond donors (Lipinski definition) is 1. The summed E-state index contributed by atoms with van der Waals surface area (Å²) in [5, 5.41) is 0. The Labute approximate surface area is 87.1 Å². The van der Waals surface area contributed by atoms with E-state index in [1.165, 1.54) is 0 Å². The summed E-state index contributed by atoms with van der Waals surface area (Å²) in [6, 6.07) is 4.01. The molecule has 2 heterocycles. The van der Waals surface area contributed by atoms with Gasteiger partial charge in [0, 0.05) is 6.20 Å². The van der Waals surface area contributed by atoms with Gasteiger partial charge < -0.3 is 4.98 Å². The average molecular weight is 205 g/mol. The number of nitrogens with zero attached hydrogens (tertiary/aromatic N) is 2. The van der Waals surface area contributed by atoms with Crippen LogP contribution in [0.2, 0.25) is 0 Å². The van der Waals surface area contributed by atoms with E-state index >= 15 is 0 Å². The van der Waals surface area contributed by atoms with Crippen molar-refractivity contribution in [2.45, 2.75) is 13.0 Å². The van der Waals surface area contributed by atoms with Gasteiger partial charge in [-0.1, -0.05) is 6.08 Å². The highest BCUT2D eigenvalue weighted by molar-refractivity contribution is 7.71. The third-order valence-corrected chi connectivity index (χ3v) is 2.52. The van der Waals surface area contributed by atoms with Crippen molar-refractivity contribution in [3.8, 4) is 0 Å². The summed E-state index contributed by atoms with van der Waals surface area (Å²) in [5.74, 6) is 0. The minimum Gasteiger partial charge on any atom is -0.329 e. The zero-order valence-corrected chi connectivity index (χ0v) is 8.71. The number of rotatable bonds is 2. The lowest BCUT2D eigenvalue weighted by atomic mass is 10.3. The van der Waals surface area contributed by atoms with Gasteiger partial charge in [0.15, 0.2) is 10.4 Å². The summed E-state index contributed by atoms with van der Waals surface area (Å²) >= 11 is 5.22. The van der Waals surface area contributed by atoms with Crippen LogP contribution in [-0.4, -0.2) is 14.5 Å². The summed E-state index contributed by atoms with van der Waals surface area (Å²) in [6.07, 6.45) is 3.61. The third kappa shape index (κ3) is 1.28. The van der Waals surface area contributed by atoms with Crippen LogP contribution in [0.3, 0.4) is 0 Å². The van der Waals surface area contributed by atoms with Crippen LogP contribution < -0.4 is 0 Å². The molecule has 4 heteroatoms. The Hall–Kier alpha value is -1.42. The summed E-state index contributed by atoms with van der Waals surface area (Å²) in [4.78, 5) is 7.40. The smallest absolute Gasteiger partial charge is 0.179 e. The quantitative estimate of drug-likeness (QED) is 0.604. The maximum Gasteiger partial charge on any atom is 0.179 e. The Bertz CT molecular complexity index is 523. The highest BCUT2D eigenvalue weighted by atomic mass is 32.1. The van der Waals surface area contributed by atoms with Gasteiger partial charge in [-0.2, -0.15) is 0 Å². The van der Waals surface area contributed by atoms with E-state index in [9.17, 15) is 0 Å². The lowest BCUT2D eigenvalue weighted by Gasteiger charge is -2.07. The summed E-state index contributed by atoms with van der Waals surface area (Å²) in [6.45, 7) is 5.79. The lowest BCUT2D eigenvalue weighted by molar-refractivity contribution is 0.667. The molecule has 2 rings (SSSR count). The Morgan fingerprint density at radius 2 is 2.50 bits per heavy atom. The second kappa shape index (κ2) is 3.38. The van der Waals surface area contributed by atoms with Gasteiger partial charge in [0.2, 0.25) is 0 Å². The van der Waals surface area contributed by atoms with Gasteiger partial charge >= 0.3 is 0 Å². The molecule has 14 heavy (non-hydrogen) atoms. The Morgan fingerprint density at radius 1 is 1.71 bits per heavy atom. The molecule has 72 valence electrons. The van der Waals surface area contributed by atoms with Crippen LogP contribution in [0.1, 0.15) is 13.0 Å². The molecule has 1 atom stereocenters. The zero-order valence-electron chi connectivity index (χ0n) is 7.90. The number of fused-ring (bicyclic) bond motifs is 1. The number of H-pyrrole nitrogens is 1. The van der Waals surface area contributed by atoms with E-state index in [1.54, 1.807) is 6.20 Å². The van der Waals surface area contributed by atoms with E-state index in [2.05, 4.69) is 16.5 Å². The number of aromatic amines is 1. The number of pyridine rings is 1. The maximum atomic E-state index is 5.22. The molecule has 2 aromatic heterocycles. The molecule has 0 spiro atoms. The Kier molecular flexibility index (Phi) is 2.21. The largest absolute Gasteiger partial charge is 0.329 e. The molecule has 0 saturated heterocycles. The molecule has 0 bridgehead atoms. The van der Waals surface area contributed by atoms with Gasteiger partial charge in [-0.3, -0.25) is 4.57 Å². The van der Waals surface area contributed by atoms with Crippen molar-refractivity contribution in [1.29, 1.82) is 0 Å². The van der Waals surface area contributed by atoms with Gasteiger partial charge in [-0.05, 0) is 31.3 Å². The number of imidazole rings is 1. The van der Waals surface area contributed by atoms with Crippen molar-refractivity contribution in [2.24, 2.45) is 0 Å². The van der Waals surface area contributed by atoms with Gasteiger partial charge in [0.25, 0.3) is 0 Å². The number of nitrogens with one attached hydrogen (secondary N) is 1. The molecule has 0 fully saturated rings. The standard InChI is InChI=1S/C10H11N3S/c1-3-7(2)13-9-8(12-10(13)14)5-4-6-11-9/h3-7H,1H2,2H3,(H,12,14). The molecule has 0 aliphatic heterocycles. The lowest BCUT2D eigenvalue weighted by Crippen LogP contribution is -2.02. The van der Waals surface area contributed by atoms with Gasteiger partial charge in [0.1, 0.15) is 0 Å². The monoisotopic (exact) mass is 205 g/mol. The Morgan fingerprint density at radius 3 is 3.21 bits per heavy atom. The first-order valence-electron chi connectivity index (χ1n) is 4.42. The van der Waals surface area contributed by atoms with Crippen LogP contribution in [-0.2, 0) is 0 Å². The van der Waals surface area contributed by atoms with Gasteiger partial charge in [0.05, 0.1) is 11.6 Å². The molecule has 0 aromatic carbocycles. The van der Waals surface area contributed by atoms with E-state index in [0.29, 0.717) is 4.77 Å². The van der Waals surface area contributed by atoms with Gasteiger partial charge in [-0.15, -0.1) is 6.58 Å². The highest BCUT2D eigenvalue weighted by Crippen LogP contribution is 2.16. The fraction of sp³-hybridized carbons (Fsp3) is 0.200. The van der Waals surface area contributed by atoms with Crippen LogP contribution in [0.25, 0.3) is 11.2 Å². The number of aromatic nitrogens is 3. The number of allylic oxidation sites excluding steroid dienone is 1. The summed E-state index contributed by atoms with van der Waals surface area (Å²) < 4.78 is 2.64. The number of hydrogen-bond acceptors (Lipinski definition) is 2. The van der Waals surface area contributed by atoms with Crippen LogP contribution in [0.4, 0.5) is 0 Å². The van der Waals surface area contributed by atoms with Crippen molar-refractivity contribution in [3.05, 3.63) is 35.8 Å². The average Bonchev–Trinajstić information content (AvgIpc) is 2.53. The van der Waals surface area contributed by atoms with Crippen molar-refractivity contribution < 1.29 is 0 Å². The van der Waals surface area contributed by atoms with Crippen LogP contribution in [0.5, 0.6) is 0 Å². The molecule has 0 aliphatic rings. The normalized spacial score (nSPS) is 12.9. The van der Waals surface area contributed by atoms with Crippen molar-refractivity contribution in [1.82, 2.24) is 14.5 Å². The van der Waals surface area contributed by atoms with E-state index < -0.39 is 0 Å². The van der Waals surface area contributed by atoms with E-state index in [-0.39, 0.29) is 6.04 Å². The van der Waals surface area contributed by atoms with Crippen molar-refractivity contribution in [3.63, 3.8) is 0 Å². The fourth-order valence-corrected chi connectivity index (χ4v) is 1.80. The van der Waals surface area contributed by atoms with E-state index in [4.69, 9.17) is 12.2 Å². The van der Waals surface area contributed by atoms with Crippen LogP contribution in [0, 0.1) is 4.77 Å². The van der Waals surface area contributed by atoms with Crippen molar-refractivity contribution in [2.75, 3.05) is 0 Å². The molecule has 2 aromatic rings. The molecule has 0 amide bonds. The van der Waals surface area contributed by atoms with E-state index in [0.717, 1.165) is 11.2 Å². The minimum absolute atomic E-state index is 0.158. The highest BCUT2D eigenvalue weighted by Gasteiger charge is 2.08. The van der Waals surface area contributed by atoms with Gasteiger partial charge in [-0.25, -0.2) is 4.98 Å².